The molecule has 6 heteroatoms. The molecular weight excluding hydrogens is 374 g/mol. The van der Waals surface area contributed by atoms with Crippen LogP contribution in [0.2, 0.25) is 0 Å². The Morgan fingerprint density at radius 1 is 1.12 bits per heavy atom. The number of carboxylic acids is 1. The zero-order valence-corrected chi connectivity index (χ0v) is 15.2. The van der Waals surface area contributed by atoms with Crippen molar-refractivity contribution in [3.05, 3.63) is 57.1 Å². The van der Waals surface area contributed by atoms with Gasteiger partial charge in [0.1, 0.15) is 5.75 Å². The molecule has 0 heterocycles. The Balaban J connectivity index is 2.03. The highest BCUT2D eigenvalue weighted by atomic mass is 79.9. The van der Waals surface area contributed by atoms with Gasteiger partial charge >= 0.3 is 5.97 Å². The summed E-state index contributed by atoms with van der Waals surface area (Å²) < 4.78 is 6.41. The van der Waals surface area contributed by atoms with Gasteiger partial charge in [0, 0.05) is 5.69 Å². The second-order valence-electron chi connectivity index (χ2n) is 5.56. The van der Waals surface area contributed by atoms with Gasteiger partial charge in [-0.05, 0) is 77.7 Å². The summed E-state index contributed by atoms with van der Waals surface area (Å²) in [4.78, 5) is 23.0. The summed E-state index contributed by atoms with van der Waals surface area (Å²) in [5, 5.41) is 11.7. The lowest BCUT2D eigenvalue weighted by Gasteiger charge is -2.13. The van der Waals surface area contributed by atoms with Crippen molar-refractivity contribution in [3.8, 4) is 5.75 Å². The van der Waals surface area contributed by atoms with E-state index in [1.54, 1.807) is 13.0 Å². The Morgan fingerprint density at radius 2 is 1.83 bits per heavy atom. The number of hydrogen-bond acceptors (Lipinski definition) is 3. The van der Waals surface area contributed by atoms with Gasteiger partial charge in [-0.2, -0.15) is 0 Å². The van der Waals surface area contributed by atoms with E-state index >= 15 is 0 Å². The number of carbonyl (C=O) groups is 2. The number of aromatic carboxylic acids is 1. The van der Waals surface area contributed by atoms with Crippen molar-refractivity contribution in [2.75, 3.05) is 11.9 Å². The maximum Gasteiger partial charge on any atom is 0.335 e. The number of aryl methyl sites for hydroxylation is 3. The molecule has 1 amide bonds. The van der Waals surface area contributed by atoms with Crippen LogP contribution in [0.1, 0.15) is 27.0 Å². The lowest BCUT2D eigenvalue weighted by Crippen LogP contribution is -2.21. The molecule has 2 N–H and O–H groups in total. The maximum atomic E-state index is 12.1. The predicted octanol–water partition coefficient (Wildman–Crippen LogP) is 4.09. The molecule has 0 aliphatic carbocycles. The molecule has 2 rings (SSSR count). The molecule has 24 heavy (non-hydrogen) atoms. The van der Waals surface area contributed by atoms with Crippen molar-refractivity contribution in [3.63, 3.8) is 0 Å². The van der Waals surface area contributed by atoms with Crippen molar-refractivity contribution < 1.29 is 19.4 Å². The molecule has 0 saturated carbocycles. The molecule has 5 nitrogen and oxygen atoms in total. The fraction of sp³-hybridized carbons (Fsp3) is 0.222. The van der Waals surface area contributed by atoms with Crippen LogP contribution >= 0.6 is 15.9 Å². The van der Waals surface area contributed by atoms with Crippen LogP contribution in [0.5, 0.6) is 5.75 Å². The number of ether oxygens (including phenoxy) is 1. The van der Waals surface area contributed by atoms with Crippen LogP contribution in [0, 0.1) is 20.8 Å². The lowest BCUT2D eigenvalue weighted by molar-refractivity contribution is -0.118. The number of nitrogens with one attached hydrogen (secondary N) is 1. The van der Waals surface area contributed by atoms with Gasteiger partial charge in [0.2, 0.25) is 0 Å². The summed E-state index contributed by atoms with van der Waals surface area (Å²) in [6.45, 7) is 5.50. The molecule has 0 aliphatic heterocycles. The number of hydrogen-bond donors (Lipinski definition) is 2. The number of benzene rings is 2. The molecule has 0 radical (unpaired) electrons. The minimum atomic E-state index is -1.00. The molecule has 2 aromatic carbocycles. The quantitative estimate of drug-likeness (QED) is 0.804. The van der Waals surface area contributed by atoms with Crippen LogP contribution < -0.4 is 10.1 Å². The standard InChI is InChI=1S/C18H18BrNO4/c1-10-6-12(3)17(14(19)7-10)24-9-16(21)20-15-5-4-13(18(22)23)8-11(15)2/h4-8H,9H2,1-3H3,(H,20,21)(H,22,23). The SMILES string of the molecule is Cc1cc(C)c(OCC(=O)Nc2ccc(C(=O)O)cc2C)c(Br)c1. The van der Waals surface area contributed by atoms with Gasteiger partial charge in [-0.15, -0.1) is 0 Å². The second kappa shape index (κ2) is 7.49. The van der Waals surface area contributed by atoms with E-state index in [2.05, 4.69) is 21.2 Å². The van der Waals surface area contributed by atoms with Crippen molar-refractivity contribution in [2.24, 2.45) is 0 Å². The molecule has 0 unspecified atom stereocenters. The zero-order chi connectivity index (χ0) is 17.9. The second-order valence-corrected chi connectivity index (χ2v) is 6.42. The van der Waals surface area contributed by atoms with E-state index in [-0.39, 0.29) is 18.1 Å². The summed E-state index contributed by atoms with van der Waals surface area (Å²) in [6.07, 6.45) is 0. The van der Waals surface area contributed by atoms with Gasteiger partial charge in [-0.3, -0.25) is 4.79 Å². The number of amides is 1. The summed E-state index contributed by atoms with van der Waals surface area (Å²) in [6, 6.07) is 8.44. The van der Waals surface area contributed by atoms with Crippen LogP contribution in [0.15, 0.2) is 34.8 Å². The van der Waals surface area contributed by atoms with E-state index in [9.17, 15) is 9.59 Å². The maximum absolute atomic E-state index is 12.1. The molecule has 0 saturated heterocycles. The van der Waals surface area contributed by atoms with Crippen molar-refractivity contribution >= 4 is 33.5 Å². The Morgan fingerprint density at radius 3 is 2.42 bits per heavy atom. The highest BCUT2D eigenvalue weighted by molar-refractivity contribution is 9.10. The van der Waals surface area contributed by atoms with Gasteiger partial charge in [0.25, 0.3) is 5.91 Å². The summed E-state index contributed by atoms with van der Waals surface area (Å²) >= 11 is 3.44. The van der Waals surface area contributed by atoms with E-state index in [1.165, 1.54) is 12.1 Å². The molecule has 0 bridgehead atoms. The molecule has 126 valence electrons. The van der Waals surface area contributed by atoms with E-state index in [0.717, 1.165) is 15.6 Å². The fourth-order valence-corrected chi connectivity index (χ4v) is 3.13. The first-order valence-corrected chi connectivity index (χ1v) is 8.10. The summed E-state index contributed by atoms with van der Waals surface area (Å²) in [5.74, 6) is -0.680. The number of rotatable bonds is 5. The Bertz CT molecular complexity index is 779. The Kier molecular flexibility index (Phi) is 5.62. The number of halogens is 1. The van der Waals surface area contributed by atoms with Gasteiger partial charge in [-0.25, -0.2) is 4.79 Å². The molecular formula is C18H18BrNO4. The molecule has 2 aromatic rings. The molecule has 0 atom stereocenters. The van der Waals surface area contributed by atoms with E-state index in [4.69, 9.17) is 9.84 Å². The van der Waals surface area contributed by atoms with Crippen molar-refractivity contribution in [1.29, 1.82) is 0 Å². The average Bonchev–Trinajstić information content (AvgIpc) is 2.48. The highest BCUT2D eigenvalue weighted by Gasteiger charge is 2.11. The first kappa shape index (κ1) is 18.0. The number of carboxylic acid groups (broad SMARTS) is 1. The molecule has 0 spiro atoms. The van der Waals surface area contributed by atoms with Crippen LogP contribution in [-0.4, -0.2) is 23.6 Å². The first-order valence-electron chi connectivity index (χ1n) is 7.31. The Labute approximate surface area is 148 Å². The number of carbonyl (C=O) groups excluding carboxylic acids is 1. The molecule has 0 aromatic heterocycles. The van der Waals surface area contributed by atoms with Gasteiger partial charge < -0.3 is 15.2 Å². The normalized spacial score (nSPS) is 10.3. The first-order chi connectivity index (χ1) is 11.3. The minimum Gasteiger partial charge on any atom is -0.482 e. The lowest BCUT2D eigenvalue weighted by atomic mass is 10.1. The predicted molar refractivity (Wildman–Crippen MR) is 95.9 cm³/mol. The van der Waals surface area contributed by atoms with Crippen LogP contribution in [0.3, 0.4) is 0 Å². The fourth-order valence-electron chi connectivity index (χ4n) is 2.35. The third kappa shape index (κ3) is 4.35. The van der Waals surface area contributed by atoms with Crippen molar-refractivity contribution in [2.45, 2.75) is 20.8 Å². The zero-order valence-electron chi connectivity index (χ0n) is 13.6. The van der Waals surface area contributed by atoms with E-state index in [1.807, 2.05) is 26.0 Å². The Hall–Kier alpha value is -2.34. The topological polar surface area (TPSA) is 75.6 Å². The average molecular weight is 392 g/mol. The molecule has 0 fully saturated rings. The van der Waals surface area contributed by atoms with Crippen molar-refractivity contribution in [1.82, 2.24) is 0 Å². The monoisotopic (exact) mass is 391 g/mol. The summed E-state index contributed by atoms with van der Waals surface area (Å²) in [7, 11) is 0. The minimum absolute atomic E-state index is 0.136. The summed E-state index contributed by atoms with van der Waals surface area (Å²) in [5.41, 5.74) is 3.46. The van der Waals surface area contributed by atoms with E-state index in [0.29, 0.717) is 17.0 Å². The third-order valence-corrected chi connectivity index (χ3v) is 4.06. The van der Waals surface area contributed by atoms with Gasteiger partial charge in [0.15, 0.2) is 6.61 Å². The largest absolute Gasteiger partial charge is 0.482 e. The third-order valence-electron chi connectivity index (χ3n) is 3.47. The molecule has 0 aliphatic rings. The van der Waals surface area contributed by atoms with Gasteiger partial charge in [0.05, 0.1) is 10.0 Å². The van der Waals surface area contributed by atoms with Crippen LogP contribution in [0.4, 0.5) is 5.69 Å². The van der Waals surface area contributed by atoms with Crippen LogP contribution in [0.25, 0.3) is 0 Å². The number of anilines is 1. The van der Waals surface area contributed by atoms with E-state index < -0.39 is 5.97 Å². The van der Waals surface area contributed by atoms with Gasteiger partial charge in [-0.1, -0.05) is 6.07 Å². The highest BCUT2D eigenvalue weighted by Crippen LogP contribution is 2.30. The smallest absolute Gasteiger partial charge is 0.335 e. The van der Waals surface area contributed by atoms with Crippen LogP contribution in [-0.2, 0) is 4.79 Å².